The van der Waals surface area contributed by atoms with Gasteiger partial charge in [-0.15, -0.1) is 0 Å². The summed E-state index contributed by atoms with van der Waals surface area (Å²) < 4.78 is 4.85. The number of ether oxygens (including phenoxy) is 1. The van der Waals surface area contributed by atoms with Gasteiger partial charge >= 0.3 is 12.0 Å². The maximum Gasteiger partial charge on any atom is 0.314 e. The number of carbonyl (C=O) groups is 3. The van der Waals surface area contributed by atoms with Gasteiger partial charge in [0.1, 0.15) is 6.61 Å². The SMILES string of the molecule is CC(C)CC(CNC(=O)NCCOCC(N)=O)C(=O)O. The number of carboxylic acids is 1. The monoisotopic (exact) mass is 289 g/mol. The summed E-state index contributed by atoms with van der Waals surface area (Å²) in [7, 11) is 0. The van der Waals surface area contributed by atoms with Crippen molar-refractivity contribution in [3.63, 3.8) is 0 Å². The molecule has 1 unspecified atom stereocenters. The summed E-state index contributed by atoms with van der Waals surface area (Å²) in [6.07, 6.45) is 0.497. The summed E-state index contributed by atoms with van der Waals surface area (Å²) in [4.78, 5) is 32.7. The van der Waals surface area contributed by atoms with Crippen molar-refractivity contribution in [3.8, 4) is 0 Å². The average molecular weight is 289 g/mol. The van der Waals surface area contributed by atoms with Gasteiger partial charge in [-0.25, -0.2) is 4.79 Å². The van der Waals surface area contributed by atoms with Crippen molar-refractivity contribution in [3.05, 3.63) is 0 Å². The van der Waals surface area contributed by atoms with E-state index in [-0.39, 0.29) is 32.2 Å². The Morgan fingerprint density at radius 2 is 1.90 bits per heavy atom. The van der Waals surface area contributed by atoms with Crippen LogP contribution in [0.3, 0.4) is 0 Å². The van der Waals surface area contributed by atoms with Crippen molar-refractivity contribution in [2.24, 2.45) is 17.6 Å². The molecular formula is C12H23N3O5. The number of amides is 3. The second kappa shape index (κ2) is 10.0. The van der Waals surface area contributed by atoms with E-state index in [1.165, 1.54) is 0 Å². The molecule has 0 aromatic heterocycles. The van der Waals surface area contributed by atoms with Crippen molar-refractivity contribution >= 4 is 17.9 Å². The van der Waals surface area contributed by atoms with Gasteiger partial charge in [-0.05, 0) is 12.3 Å². The molecule has 0 rings (SSSR count). The Morgan fingerprint density at radius 1 is 1.25 bits per heavy atom. The number of hydrogen-bond donors (Lipinski definition) is 4. The molecular weight excluding hydrogens is 266 g/mol. The van der Waals surface area contributed by atoms with Gasteiger partial charge in [-0.3, -0.25) is 9.59 Å². The third-order valence-corrected chi connectivity index (χ3v) is 2.39. The molecule has 0 aromatic carbocycles. The fourth-order valence-electron chi connectivity index (χ4n) is 1.53. The normalized spacial score (nSPS) is 11.9. The van der Waals surface area contributed by atoms with Crippen LogP contribution in [0.25, 0.3) is 0 Å². The lowest BCUT2D eigenvalue weighted by molar-refractivity contribution is -0.142. The first-order valence-corrected chi connectivity index (χ1v) is 6.43. The van der Waals surface area contributed by atoms with Crippen LogP contribution in [0.15, 0.2) is 0 Å². The van der Waals surface area contributed by atoms with Gasteiger partial charge in [0.15, 0.2) is 0 Å². The van der Waals surface area contributed by atoms with Crippen molar-refractivity contribution in [2.75, 3.05) is 26.3 Å². The zero-order valence-electron chi connectivity index (χ0n) is 11.8. The molecule has 8 nitrogen and oxygen atoms in total. The summed E-state index contributed by atoms with van der Waals surface area (Å²) in [5.74, 6) is -1.87. The van der Waals surface area contributed by atoms with E-state index in [2.05, 4.69) is 10.6 Å². The van der Waals surface area contributed by atoms with Gasteiger partial charge in [0.2, 0.25) is 5.91 Å². The van der Waals surface area contributed by atoms with E-state index < -0.39 is 23.8 Å². The highest BCUT2D eigenvalue weighted by molar-refractivity contribution is 5.76. The lowest BCUT2D eigenvalue weighted by Crippen LogP contribution is -2.41. The second-order valence-corrected chi connectivity index (χ2v) is 4.82. The zero-order chi connectivity index (χ0) is 15.5. The lowest BCUT2D eigenvalue weighted by Gasteiger charge is -2.15. The molecule has 0 saturated carbocycles. The number of carbonyl (C=O) groups excluding carboxylic acids is 2. The predicted molar refractivity (Wildman–Crippen MR) is 72.0 cm³/mol. The predicted octanol–water partition coefficient (Wildman–Crippen LogP) is -0.466. The molecule has 0 spiro atoms. The number of nitrogens with one attached hydrogen (secondary N) is 2. The molecule has 0 aromatic rings. The first kappa shape index (κ1) is 18.2. The topological polar surface area (TPSA) is 131 Å². The molecule has 0 aliphatic heterocycles. The van der Waals surface area contributed by atoms with Crippen LogP contribution in [0.2, 0.25) is 0 Å². The minimum atomic E-state index is -0.927. The number of aliphatic carboxylic acids is 1. The molecule has 5 N–H and O–H groups in total. The van der Waals surface area contributed by atoms with E-state index in [4.69, 9.17) is 15.6 Å². The molecule has 0 saturated heterocycles. The maximum atomic E-state index is 11.4. The largest absolute Gasteiger partial charge is 0.481 e. The van der Waals surface area contributed by atoms with Crippen molar-refractivity contribution in [2.45, 2.75) is 20.3 Å². The number of nitrogens with two attached hydrogens (primary N) is 1. The van der Waals surface area contributed by atoms with Crippen LogP contribution in [-0.4, -0.2) is 49.3 Å². The Labute approximate surface area is 118 Å². The van der Waals surface area contributed by atoms with Crippen LogP contribution in [0.4, 0.5) is 4.79 Å². The van der Waals surface area contributed by atoms with Crippen LogP contribution in [0, 0.1) is 11.8 Å². The van der Waals surface area contributed by atoms with Crippen molar-refractivity contribution < 1.29 is 24.2 Å². The minimum Gasteiger partial charge on any atom is -0.481 e. The third-order valence-electron chi connectivity index (χ3n) is 2.39. The molecule has 3 amide bonds. The summed E-state index contributed by atoms with van der Waals surface area (Å²) in [5, 5.41) is 14.0. The quantitative estimate of drug-likeness (QED) is 0.404. The number of urea groups is 1. The molecule has 0 bridgehead atoms. The van der Waals surface area contributed by atoms with Gasteiger partial charge in [0.25, 0.3) is 0 Å². The minimum absolute atomic E-state index is 0.0709. The first-order valence-electron chi connectivity index (χ1n) is 6.43. The molecule has 0 radical (unpaired) electrons. The smallest absolute Gasteiger partial charge is 0.314 e. The molecule has 20 heavy (non-hydrogen) atoms. The van der Waals surface area contributed by atoms with Crippen LogP contribution in [-0.2, 0) is 14.3 Å². The van der Waals surface area contributed by atoms with E-state index >= 15 is 0 Å². The van der Waals surface area contributed by atoms with Gasteiger partial charge in [-0.2, -0.15) is 0 Å². The Balaban J connectivity index is 3.79. The standard InChI is InChI=1S/C12H23N3O5/c1-8(2)5-9(11(17)18)6-15-12(19)14-3-4-20-7-10(13)16/h8-9H,3-7H2,1-2H3,(H2,13,16)(H,17,18)(H2,14,15,19). The molecule has 8 heteroatoms. The van der Waals surface area contributed by atoms with E-state index in [1.54, 1.807) is 0 Å². The third kappa shape index (κ3) is 10.1. The van der Waals surface area contributed by atoms with E-state index in [9.17, 15) is 14.4 Å². The highest BCUT2D eigenvalue weighted by atomic mass is 16.5. The molecule has 1 atom stereocenters. The van der Waals surface area contributed by atoms with Crippen LogP contribution >= 0.6 is 0 Å². The average Bonchev–Trinajstić information content (AvgIpc) is 2.32. The van der Waals surface area contributed by atoms with E-state index in [0.29, 0.717) is 6.42 Å². The zero-order valence-corrected chi connectivity index (χ0v) is 11.8. The number of carboxylic acid groups (broad SMARTS) is 1. The van der Waals surface area contributed by atoms with Crippen molar-refractivity contribution in [1.29, 1.82) is 0 Å². The lowest BCUT2D eigenvalue weighted by atomic mass is 9.97. The number of hydrogen-bond acceptors (Lipinski definition) is 4. The van der Waals surface area contributed by atoms with E-state index in [1.807, 2.05) is 13.8 Å². The summed E-state index contributed by atoms with van der Waals surface area (Å²) in [5.41, 5.74) is 4.86. The Hall–Kier alpha value is -1.83. The van der Waals surface area contributed by atoms with Crippen LogP contribution < -0.4 is 16.4 Å². The van der Waals surface area contributed by atoms with Gasteiger partial charge in [-0.1, -0.05) is 13.8 Å². The van der Waals surface area contributed by atoms with Gasteiger partial charge < -0.3 is 26.2 Å². The molecule has 0 fully saturated rings. The fourth-order valence-corrected chi connectivity index (χ4v) is 1.53. The number of rotatable bonds is 10. The van der Waals surface area contributed by atoms with Gasteiger partial charge in [0.05, 0.1) is 12.5 Å². The van der Waals surface area contributed by atoms with Crippen LogP contribution in [0.1, 0.15) is 20.3 Å². The van der Waals surface area contributed by atoms with Crippen molar-refractivity contribution in [1.82, 2.24) is 10.6 Å². The van der Waals surface area contributed by atoms with E-state index in [0.717, 1.165) is 0 Å². The molecule has 0 aliphatic carbocycles. The molecule has 0 heterocycles. The van der Waals surface area contributed by atoms with Gasteiger partial charge in [0, 0.05) is 13.1 Å². The Bertz CT molecular complexity index is 333. The highest BCUT2D eigenvalue weighted by Gasteiger charge is 2.19. The number of primary amides is 1. The Kier molecular flexibility index (Phi) is 9.10. The first-order chi connectivity index (χ1) is 9.32. The summed E-state index contributed by atoms with van der Waals surface area (Å²) in [6.45, 7) is 4.09. The summed E-state index contributed by atoms with van der Waals surface area (Å²) >= 11 is 0. The molecule has 0 aliphatic rings. The molecule has 116 valence electrons. The second-order valence-electron chi connectivity index (χ2n) is 4.82. The van der Waals surface area contributed by atoms with Crippen LogP contribution in [0.5, 0.6) is 0 Å². The fraction of sp³-hybridized carbons (Fsp3) is 0.750. The highest BCUT2D eigenvalue weighted by Crippen LogP contribution is 2.10. The maximum absolute atomic E-state index is 11.4. The summed E-state index contributed by atoms with van der Waals surface area (Å²) in [6, 6.07) is -0.470. The Morgan fingerprint density at radius 3 is 2.40 bits per heavy atom.